The number of hydrogen-bond acceptors (Lipinski definition) is 3. The standard InChI is InChI=1S/C12H15FO3/c1-15-9-2-3-10(11(13)8-9)12(14)4-6-16-7-5-12/h2-3,8,14H,4-7H2,1H3. The second-order valence-electron chi connectivity index (χ2n) is 3.99. The summed E-state index contributed by atoms with van der Waals surface area (Å²) in [6.07, 6.45) is 0.854. The van der Waals surface area contributed by atoms with Gasteiger partial charge in [-0.15, -0.1) is 0 Å². The van der Waals surface area contributed by atoms with Crippen molar-refractivity contribution in [3.8, 4) is 5.75 Å². The lowest BCUT2D eigenvalue weighted by Gasteiger charge is -2.32. The lowest BCUT2D eigenvalue weighted by molar-refractivity contribution is -0.0698. The molecule has 0 bridgehead atoms. The first-order valence-corrected chi connectivity index (χ1v) is 5.30. The van der Waals surface area contributed by atoms with Crippen molar-refractivity contribution in [1.29, 1.82) is 0 Å². The summed E-state index contributed by atoms with van der Waals surface area (Å²) >= 11 is 0. The van der Waals surface area contributed by atoms with E-state index in [2.05, 4.69) is 0 Å². The second-order valence-corrected chi connectivity index (χ2v) is 3.99. The van der Waals surface area contributed by atoms with E-state index in [1.54, 1.807) is 12.1 Å². The Balaban J connectivity index is 2.32. The van der Waals surface area contributed by atoms with Gasteiger partial charge in [0, 0.05) is 37.7 Å². The molecule has 0 aliphatic carbocycles. The van der Waals surface area contributed by atoms with Gasteiger partial charge in [0.2, 0.25) is 0 Å². The first kappa shape index (κ1) is 11.4. The van der Waals surface area contributed by atoms with Gasteiger partial charge in [0.05, 0.1) is 12.7 Å². The normalized spacial score (nSPS) is 19.4. The molecule has 4 heteroatoms. The Kier molecular flexibility index (Phi) is 3.12. The van der Waals surface area contributed by atoms with Gasteiger partial charge in [-0.3, -0.25) is 0 Å². The molecule has 1 N–H and O–H groups in total. The van der Waals surface area contributed by atoms with E-state index in [1.807, 2.05) is 0 Å². The van der Waals surface area contributed by atoms with E-state index in [-0.39, 0.29) is 0 Å². The van der Waals surface area contributed by atoms with Crippen LogP contribution in [0, 0.1) is 5.82 Å². The lowest BCUT2D eigenvalue weighted by atomic mass is 9.86. The monoisotopic (exact) mass is 226 g/mol. The van der Waals surface area contributed by atoms with Gasteiger partial charge < -0.3 is 14.6 Å². The van der Waals surface area contributed by atoms with Crippen LogP contribution in [0.15, 0.2) is 18.2 Å². The first-order chi connectivity index (χ1) is 7.65. The number of methoxy groups -OCH3 is 1. The van der Waals surface area contributed by atoms with Crippen LogP contribution >= 0.6 is 0 Å². The minimum Gasteiger partial charge on any atom is -0.497 e. The van der Waals surface area contributed by atoms with Gasteiger partial charge in [-0.25, -0.2) is 4.39 Å². The Labute approximate surface area is 93.8 Å². The number of benzene rings is 1. The fourth-order valence-electron chi connectivity index (χ4n) is 1.98. The van der Waals surface area contributed by atoms with Gasteiger partial charge in [-0.05, 0) is 12.1 Å². The van der Waals surface area contributed by atoms with Crippen LogP contribution in [-0.2, 0) is 10.3 Å². The summed E-state index contributed by atoms with van der Waals surface area (Å²) in [5, 5.41) is 10.3. The van der Waals surface area contributed by atoms with Gasteiger partial charge >= 0.3 is 0 Å². The molecule has 1 heterocycles. The zero-order valence-electron chi connectivity index (χ0n) is 9.20. The van der Waals surface area contributed by atoms with Gasteiger partial charge in [-0.2, -0.15) is 0 Å². The SMILES string of the molecule is COc1ccc(C2(O)CCOCC2)c(F)c1. The van der Waals surface area contributed by atoms with Gasteiger partial charge in [0.1, 0.15) is 11.6 Å². The van der Waals surface area contributed by atoms with E-state index >= 15 is 0 Å². The fourth-order valence-corrected chi connectivity index (χ4v) is 1.98. The predicted molar refractivity (Wildman–Crippen MR) is 56.9 cm³/mol. The second kappa shape index (κ2) is 4.39. The minimum atomic E-state index is -1.10. The van der Waals surface area contributed by atoms with Crippen molar-refractivity contribution >= 4 is 0 Å². The molecule has 0 amide bonds. The molecule has 2 rings (SSSR count). The van der Waals surface area contributed by atoms with Crippen molar-refractivity contribution in [2.24, 2.45) is 0 Å². The van der Waals surface area contributed by atoms with E-state index in [9.17, 15) is 9.50 Å². The molecular formula is C12H15FO3. The number of rotatable bonds is 2. The molecule has 0 radical (unpaired) electrons. The molecule has 1 aromatic rings. The summed E-state index contributed by atoms with van der Waals surface area (Å²) in [7, 11) is 1.48. The van der Waals surface area contributed by atoms with Crippen molar-refractivity contribution in [3.63, 3.8) is 0 Å². The molecule has 0 spiro atoms. The number of aliphatic hydroxyl groups is 1. The summed E-state index contributed by atoms with van der Waals surface area (Å²) in [5.41, 5.74) is -0.772. The molecule has 0 unspecified atom stereocenters. The molecule has 1 aliphatic heterocycles. The largest absolute Gasteiger partial charge is 0.497 e. The summed E-state index contributed by atoms with van der Waals surface area (Å²) in [6.45, 7) is 0.921. The van der Waals surface area contributed by atoms with Crippen LogP contribution < -0.4 is 4.74 Å². The topological polar surface area (TPSA) is 38.7 Å². The Hall–Kier alpha value is -1.13. The molecule has 88 valence electrons. The highest BCUT2D eigenvalue weighted by Crippen LogP contribution is 2.34. The van der Waals surface area contributed by atoms with E-state index in [0.29, 0.717) is 37.4 Å². The maximum atomic E-state index is 13.8. The first-order valence-electron chi connectivity index (χ1n) is 5.30. The van der Waals surface area contributed by atoms with Gasteiger partial charge in [0.15, 0.2) is 0 Å². The van der Waals surface area contributed by atoms with Crippen LogP contribution in [0.1, 0.15) is 18.4 Å². The molecule has 0 saturated carbocycles. The summed E-state index contributed by atoms with van der Waals surface area (Å²) in [4.78, 5) is 0. The maximum absolute atomic E-state index is 13.8. The van der Waals surface area contributed by atoms with E-state index in [0.717, 1.165) is 0 Å². The van der Waals surface area contributed by atoms with Crippen molar-refractivity contribution < 1.29 is 19.0 Å². The molecular weight excluding hydrogens is 211 g/mol. The van der Waals surface area contributed by atoms with Gasteiger partial charge in [0.25, 0.3) is 0 Å². The highest BCUT2D eigenvalue weighted by molar-refractivity contribution is 5.32. The number of ether oxygens (including phenoxy) is 2. The van der Waals surface area contributed by atoms with Crippen LogP contribution in [0.4, 0.5) is 4.39 Å². The molecule has 1 aliphatic rings. The van der Waals surface area contributed by atoms with E-state index in [4.69, 9.17) is 9.47 Å². The quantitative estimate of drug-likeness (QED) is 0.836. The highest BCUT2D eigenvalue weighted by Gasteiger charge is 2.34. The maximum Gasteiger partial charge on any atom is 0.132 e. The Morgan fingerprint density at radius 2 is 2.06 bits per heavy atom. The van der Waals surface area contributed by atoms with Crippen LogP contribution in [-0.4, -0.2) is 25.4 Å². The smallest absolute Gasteiger partial charge is 0.132 e. The third kappa shape index (κ3) is 2.03. The highest BCUT2D eigenvalue weighted by atomic mass is 19.1. The Morgan fingerprint density at radius 3 is 2.62 bits per heavy atom. The third-order valence-corrected chi connectivity index (χ3v) is 3.00. The minimum absolute atomic E-state index is 0.330. The van der Waals surface area contributed by atoms with Crippen molar-refractivity contribution in [1.82, 2.24) is 0 Å². The van der Waals surface area contributed by atoms with Crippen LogP contribution in [0.5, 0.6) is 5.75 Å². The van der Waals surface area contributed by atoms with E-state index < -0.39 is 11.4 Å². The lowest BCUT2D eigenvalue weighted by Crippen LogP contribution is -2.34. The van der Waals surface area contributed by atoms with Crippen LogP contribution in [0.3, 0.4) is 0 Å². The fraction of sp³-hybridized carbons (Fsp3) is 0.500. The number of halogens is 1. The predicted octanol–water partition coefficient (Wildman–Crippen LogP) is 1.83. The van der Waals surface area contributed by atoms with Crippen molar-refractivity contribution in [2.45, 2.75) is 18.4 Å². The molecule has 1 aromatic carbocycles. The molecule has 1 fully saturated rings. The summed E-state index contributed by atoms with van der Waals surface area (Å²) in [6, 6.07) is 4.54. The molecule has 1 saturated heterocycles. The summed E-state index contributed by atoms with van der Waals surface area (Å²) in [5.74, 6) is 0.0284. The average Bonchev–Trinajstić information content (AvgIpc) is 2.29. The van der Waals surface area contributed by atoms with E-state index in [1.165, 1.54) is 13.2 Å². The molecule has 3 nitrogen and oxygen atoms in total. The Bertz CT molecular complexity index is 373. The number of hydrogen-bond donors (Lipinski definition) is 1. The molecule has 0 atom stereocenters. The van der Waals surface area contributed by atoms with Crippen LogP contribution in [0.2, 0.25) is 0 Å². The van der Waals surface area contributed by atoms with Crippen LogP contribution in [0.25, 0.3) is 0 Å². The van der Waals surface area contributed by atoms with Crippen molar-refractivity contribution in [3.05, 3.63) is 29.6 Å². The third-order valence-electron chi connectivity index (χ3n) is 3.00. The Morgan fingerprint density at radius 1 is 1.38 bits per heavy atom. The molecule has 16 heavy (non-hydrogen) atoms. The summed E-state index contributed by atoms with van der Waals surface area (Å²) < 4.78 is 23.9. The van der Waals surface area contributed by atoms with Gasteiger partial charge in [-0.1, -0.05) is 0 Å². The zero-order valence-corrected chi connectivity index (χ0v) is 9.20. The zero-order chi connectivity index (χ0) is 11.6. The van der Waals surface area contributed by atoms with Crippen molar-refractivity contribution in [2.75, 3.05) is 20.3 Å². The average molecular weight is 226 g/mol. The molecule has 0 aromatic heterocycles.